The Morgan fingerprint density at radius 3 is 2.78 bits per heavy atom. The van der Waals surface area contributed by atoms with Gasteiger partial charge in [0.15, 0.2) is 11.5 Å². The molecule has 2 aromatic heterocycles. The van der Waals surface area contributed by atoms with Crippen LogP contribution in [0.25, 0.3) is 21.9 Å². The summed E-state index contributed by atoms with van der Waals surface area (Å²) in [5, 5.41) is 19.1. The fourth-order valence-electron chi connectivity index (χ4n) is 2.42. The topological polar surface area (TPSA) is 99.9 Å². The highest BCUT2D eigenvalue weighted by molar-refractivity contribution is 6.02. The number of hydrogen-bond acceptors (Lipinski definition) is 5. The molecule has 118 valence electrons. The van der Waals surface area contributed by atoms with Crippen LogP contribution in [0, 0.1) is 0 Å². The summed E-state index contributed by atoms with van der Waals surface area (Å²) in [5.41, 5.74) is 1.53. The summed E-state index contributed by atoms with van der Waals surface area (Å²) in [6.07, 6.45) is -0.469. The molecule has 0 spiro atoms. The minimum Gasteiger partial charge on any atom is -0.550 e. The van der Waals surface area contributed by atoms with Gasteiger partial charge < -0.3 is 15.2 Å². The van der Waals surface area contributed by atoms with Crippen molar-refractivity contribution in [2.45, 2.75) is 26.3 Å². The molecule has 0 fully saturated rings. The molecule has 3 rings (SSSR count). The van der Waals surface area contributed by atoms with E-state index < -0.39 is 11.9 Å². The lowest BCUT2D eigenvalue weighted by molar-refractivity contribution is -0.305. The lowest BCUT2D eigenvalue weighted by Crippen LogP contribution is -2.24. The van der Waals surface area contributed by atoms with E-state index in [4.69, 9.17) is 0 Å². The number of aromatic nitrogens is 3. The number of rotatable bonds is 5. The molecule has 2 heterocycles. The first kappa shape index (κ1) is 15.0. The molecule has 0 saturated carbocycles. The summed E-state index contributed by atoms with van der Waals surface area (Å²) >= 11 is 0. The van der Waals surface area contributed by atoms with Gasteiger partial charge in [0.1, 0.15) is 0 Å². The number of carboxylic acids is 1. The molecule has 0 aliphatic carbocycles. The van der Waals surface area contributed by atoms with Crippen molar-refractivity contribution in [2.24, 2.45) is 0 Å². The summed E-state index contributed by atoms with van der Waals surface area (Å²) in [5.74, 6) is -1.27. The number of carboxylic acid groups (broad SMARTS) is 1. The van der Waals surface area contributed by atoms with E-state index in [0.717, 1.165) is 16.3 Å². The van der Waals surface area contributed by atoms with E-state index in [0.29, 0.717) is 18.0 Å². The second-order valence-electron chi connectivity index (χ2n) is 5.14. The van der Waals surface area contributed by atoms with E-state index in [9.17, 15) is 14.7 Å². The molecule has 1 amide bonds. The number of fused-ring (bicyclic) bond motifs is 2. The number of nitrogens with zero attached hydrogens (tertiary/aromatic N) is 3. The van der Waals surface area contributed by atoms with Crippen molar-refractivity contribution < 1.29 is 14.7 Å². The lowest BCUT2D eigenvalue weighted by atomic mass is 10.2. The van der Waals surface area contributed by atoms with Crippen LogP contribution >= 0.6 is 0 Å². The molecule has 0 saturated heterocycles. The highest BCUT2D eigenvalue weighted by Crippen LogP contribution is 2.26. The van der Waals surface area contributed by atoms with Gasteiger partial charge in [-0.2, -0.15) is 5.10 Å². The molecule has 0 radical (unpaired) electrons. The molecule has 23 heavy (non-hydrogen) atoms. The molecule has 0 bridgehead atoms. The van der Waals surface area contributed by atoms with E-state index in [2.05, 4.69) is 15.4 Å². The van der Waals surface area contributed by atoms with Crippen molar-refractivity contribution in [2.75, 3.05) is 5.32 Å². The van der Waals surface area contributed by atoms with Crippen molar-refractivity contribution in [3.8, 4) is 0 Å². The monoisotopic (exact) mass is 311 g/mol. The molecule has 1 aromatic carbocycles. The summed E-state index contributed by atoms with van der Waals surface area (Å²) in [7, 11) is 0. The molecular weight excluding hydrogens is 296 g/mol. The number of carbonyl (C=O) groups is 2. The molecule has 3 aromatic rings. The maximum atomic E-state index is 11.8. The van der Waals surface area contributed by atoms with Crippen LogP contribution in [0.3, 0.4) is 0 Å². The summed E-state index contributed by atoms with van der Waals surface area (Å²) < 4.78 is 1.70. The second-order valence-corrected chi connectivity index (χ2v) is 5.14. The Morgan fingerprint density at radius 1 is 1.26 bits per heavy atom. The molecule has 0 unspecified atom stereocenters. The van der Waals surface area contributed by atoms with Crippen molar-refractivity contribution in [3.05, 3.63) is 30.3 Å². The molecule has 7 heteroatoms. The Hall–Kier alpha value is -2.96. The maximum Gasteiger partial charge on any atom is 0.225 e. The lowest BCUT2D eigenvalue weighted by Gasteiger charge is -2.03. The molecule has 0 aliphatic heterocycles. The highest BCUT2D eigenvalue weighted by Gasteiger charge is 2.14. The minimum absolute atomic E-state index is 0.149. The maximum absolute atomic E-state index is 11.8. The van der Waals surface area contributed by atoms with Gasteiger partial charge in [0, 0.05) is 24.3 Å². The molecule has 0 aliphatic rings. The molecular formula is C16H15N4O3-. The minimum atomic E-state index is -1.25. The van der Waals surface area contributed by atoms with Gasteiger partial charge in [-0.1, -0.05) is 18.2 Å². The number of hydrogen-bond donors (Lipinski definition) is 1. The largest absolute Gasteiger partial charge is 0.550 e. The van der Waals surface area contributed by atoms with Gasteiger partial charge in [0.2, 0.25) is 5.91 Å². The Kier molecular flexibility index (Phi) is 3.92. The predicted octanol–water partition coefficient (Wildman–Crippen LogP) is 1.07. The summed E-state index contributed by atoms with van der Waals surface area (Å²) in [6.45, 7) is 2.54. The van der Waals surface area contributed by atoms with E-state index in [1.807, 2.05) is 37.3 Å². The second kappa shape index (κ2) is 6.04. The van der Waals surface area contributed by atoms with E-state index in [-0.39, 0.29) is 12.8 Å². The SMILES string of the molecule is CCn1nc(NC(=O)CCC(=O)[O-])c2cc3ccccc3nc21. The Morgan fingerprint density at radius 2 is 2.04 bits per heavy atom. The van der Waals surface area contributed by atoms with Crippen LogP contribution in [0.4, 0.5) is 5.82 Å². The van der Waals surface area contributed by atoms with Gasteiger partial charge in [-0.05, 0) is 25.5 Å². The quantitative estimate of drug-likeness (QED) is 0.760. The van der Waals surface area contributed by atoms with Crippen LogP contribution in [0.2, 0.25) is 0 Å². The first-order valence-electron chi connectivity index (χ1n) is 7.34. The van der Waals surface area contributed by atoms with Crippen LogP contribution in [0.5, 0.6) is 0 Å². The third-order valence-electron chi connectivity index (χ3n) is 3.54. The van der Waals surface area contributed by atoms with Crippen molar-refractivity contribution in [1.82, 2.24) is 14.8 Å². The first-order chi connectivity index (χ1) is 11.1. The van der Waals surface area contributed by atoms with Gasteiger partial charge in [0.05, 0.1) is 10.9 Å². The van der Waals surface area contributed by atoms with Crippen LogP contribution < -0.4 is 10.4 Å². The van der Waals surface area contributed by atoms with Crippen LogP contribution in [-0.2, 0) is 16.1 Å². The van der Waals surface area contributed by atoms with Gasteiger partial charge in [-0.25, -0.2) is 9.67 Å². The number of para-hydroxylation sites is 1. The average molecular weight is 311 g/mol. The normalized spacial score (nSPS) is 11.0. The number of amides is 1. The Balaban J connectivity index is 2.01. The number of anilines is 1. The zero-order valence-corrected chi connectivity index (χ0v) is 12.6. The van der Waals surface area contributed by atoms with Gasteiger partial charge in [-0.15, -0.1) is 0 Å². The predicted molar refractivity (Wildman–Crippen MR) is 83.6 cm³/mol. The third kappa shape index (κ3) is 2.98. The number of aryl methyl sites for hydroxylation is 1. The third-order valence-corrected chi connectivity index (χ3v) is 3.54. The van der Waals surface area contributed by atoms with E-state index >= 15 is 0 Å². The zero-order chi connectivity index (χ0) is 16.4. The zero-order valence-electron chi connectivity index (χ0n) is 12.6. The number of carbonyl (C=O) groups excluding carboxylic acids is 2. The van der Waals surface area contributed by atoms with E-state index in [1.165, 1.54) is 0 Å². The van der Waals surface area contributed by atoms with Crippen molar-refractivity contribution in [3.63, 3.8) is 0 Å². The van der Waals surface area contributed by atoms with Crippen LogP contribution in [-0.4, -0.2) is 26.6 Å². The fourth-order valence-corrected chi connectivity index (χ4v) is 2.42. The number of benzene rings is 1. The number of aliphatic carboxylic acids is 1. The van der Waals surface area contributed by atoms with Crippen LogP contribution in [0.15, 0.2) is 30.3 Å². The Labute approximate surface area is 131 Å². The Bertz CT molecular complexity index is 901. The van der Waals surface area contributed by atoms with Gasteiger partial charge in [-0.3, -0.25) is 4.79 Å². The first-order valence-corrected chi connectivity index (χ1v) is 7.34. The van der Waals surface area contributed by atoms with Gasteiger partial charge >= 0.3 is 0 Å². The molecule has 7 nitrogen and oxygen atoms in total. The summed E-state index contributed by atoms with van der Waals surface area (Å²) in [6, 6.07) is 9.60. The number of pyridine rings is 1. The fraction of sp³-hybridized carbons (Fsp3) is 0.250. The molecule has 0 atom stereocenters. The number of nitrogens with one attached hydrogen (secondary N) is 1. The van der Waals surface area contributed by atoms with Crippen LogP contribution in [0.1, 0.15) is 19.8 Å². The standard InChI is InChI=1S/C16H16N4O3/c1-2-20-16-11(9-10-5-3-4-6-12(10)17-16)15(19-20)18-13(21)7-8-14(22)23/h3-6,9H,2,7-8H2,1H3,(H,22,23)(H,18,19,21)/p-1. The van der Waals surface area contributed by atoms with Crippen molar-refractivity contribution in [1.29, 1.82) is 0 Å². The van der Waals surface area contributed by atoms with Gasteiger partial charge in [0.25, 0.3) is 0 Å². The van der Waals surface area contributed by atoms with Crippen molar-refractivity contribution >= 4 is 39.6 Å². The highest BCUT2D eigenvalue weighted by atomic mass is 16.4. The van der Waals surface area contributed by atoms with E-state index in [1.54, 1.807) is 4.68 Å². The average Bonchev–Trinajstić information content (AvgIpc) is 2.88. The molecule has 1 N–H and O–H groups in total. The smallest absolute Gasteiger partial charge is 0.225 e. The summed E-state index contributed by atoms with van der Waals surface area (Å²) in [4.78, 5) is 26.9.